The Kier molecular flexibility index (Phi) is 9.01. The van der Waals surface area contributed by atoms with Crippen LogP contribution >= 0.6 is 0 Å². The van der Waals surface area contributed by atoms with E-state index in [9.17, 15) is 20.2 Å². The van der Waals surface area contributed by atoms with Crippen molar-refractivity contribution in [3.8, 4) is 0 Å². The summed E-state index contributed by atoms with van der Waals surface area (Å²) in [6, 6.07) is 3.37. The molecule has 1 rings (SSSR count). The van der Waals surface area contributed by atoms with Crippen LogP contribution in [0, 0.1) is 32.1 Å². The van der Waals surface area contributed by atoms with Crippen LogP contribution in [0.4, 0.5) is 17.1 Å². The summed E-state index contributed by atoms with van der Waals surface area (Å²) in [5.74, 6) is 1.07. The largest absolute Gasteiger partial charge is 0.301 e. The lowest BCUT2D eigenvalue weighted by Gasteiger charge is -2.15. The highest BCUT2D eigenvalue weighted by Crippen LogP contribution is 2.28. The van der Waals surface area contributed by atoms with E-state index >= 15 is 0 Å². The second-order valence-corrected chi connectivity index (χ2v) is 7.17. The van der Waals surface area contributed by atoms with E-state index in [2.05, 4.69) is 44.3 Å². The summed E-state index contributed by atoms with van der Waals surface area (Å²) < 4.78 is 0. The molecule has 28 heavy (non-hydrogen) atoms. The van der Waals surface area contributed by atoms with Gasteiger partial charge >= 0.3 is 5.69 Å². The third-order valence-electron chi connectivity index (χ3n) is 4.26. The van der Waals surface area contributed by atoms with Gasteiger partial charge in [-0.3, -0.25) is 25.7 Å². The van der Waals surface area contributed by atoms with E-state index in [1.807, 2.05) is 13.0 Å². The Morgan fingerprint density at radius 3 is 2.32 bits per heavy atom. The number of anilines is 1. The summed E-state index contributed by atoms with van der Waals surface area (Å²) in [5, 5.41) is 25.8. The molecule has 0 aliphatic heterocycles. The van der Waals surface area contributed by atoms with Gasteiger partial charge in [-0.15, -0.1) is 0 Å². The number of hydrazone groups is 1. The average molecular weight is 388 g/mol. The van der Waals surface area contributed by atoms with Crippen LogP contribution in [0.15, 0.2) is 46.6 Å². The Labute approximate surface area is 165 Å². The molecule has 152 valence electrons. The maximum atomic E-state index is 11.1. The molecular weight excluding hydrogens is 360 g/mol. The maximum Gasteiger partial charge on any atom is 0.301 e. The minimum atomic E-state index is -0.681. The topological polar surface area (TPSA) is 111 Å². The number of nitro benzene ring substituents is 2. The van der Waals surface area contributed by atoms with Crippen molar-refractivity contribution in [2.45, 2.75) is 47.5 Å². The zero-order valence-electron chi connectivity index (χ0n) is 17.0. The second kappa shape index (κ2) is 11.0. The van der Waals surface area contributed by atoms with Crippen LogP contribution in [0.2, 0.25) is 0 Å². The molecule has 0 saturated carbocycles. The predicted molar refractivity (Wildman–Crippen MR) is 113 cm³/mol. The summed E-state index contributed by atoms with van der Waals surface area (Å²) in [5.41, 5.74) is 4.51. The number of hydrogen-bond donors (Lipinski definition) is 1. The predicted octanol–water partition coefficient (Wildman–Crippen LogP) is 5.87. The molecule has 8 nitrogen and oxygen atoms in total. The lowest BCUT2D eigenvalue weighted by atomic mass is 9.91. The van der Waals surface area contributed by atoms with Crippen LogP contribution in [0.1, 0.15) is 47.5 Å². The SMILES string of the molecule is C/C(=C\C=N\Nc1ccc([N+](=O)[O-])cc1[N+](=O)[O-])CCC=C(C(C)C)C(C)C. The number of non-ortho nitro benzene ring substituents is 1. The molecule has 1 aromatic carbocycles. The van der Waals surface area contributed by atoms with Gasteiger partial charge in [-0.05, 0) is 43.7 Å². The normalized spacial score (nSPS) is 11.9. The van der Waals surface area contributed by atoms with Crippen LogP contribution in [0.3, 0.4) is 0 Å². The summed E-state index contributed by atoms with van der Waals surface area (Å²) in [7, 11) is 0. The van der Waals surface area contributed by atoms with E-state index in [1.165, 1.54) is 23.9 Å². The number of nitro groups is 2. The fourth-order valence-corrected chi connectivity index (χ4v) is 2.84. The van der Waals surface area contributed by atoms with Gasteiger partial charge in [0.05, 0.1) is 15.9 Å². The second-order valence-electron chi connectivity index (χ2n) is 7.17. The Hall–Kier alpha value is -3.03. The van der Waals surface area contributed by atoms with Crippen molar-refractivity contribution in [2.75, 3.05) is 5.43 Å². The fraction of sp³-hybridized carbons (Fsp3) is 0.450. The first-order valence-electron chi connectivity index (χ1n) is 9.21. The van der Waals surface area contributed by atoms with E-state index in [4.69, 9.17) is 0 Å². The lowest BCUT2D eigenvalue weighted by molar-refractivity contribution is -0.393. The monoisotopic (exact) mass is 388 g/mol. The minimum absolute atomic E-state index is 0.0966. The van der Waals surface area contributed by atoms with Crippen molar-refractivity contribution in [3.05, 3.63) is 61.7 Å². The molecule has 0 spiro atoms. The Morgan fingerprint density at radius 2 is 1.79 bits per heavy atom. The van der Waals surface area contributed by atoms with Crippen LogP contribution in [0.25, 0.3) is 0 Å². The molecule has 1 aromatic rings. The van der Waals surface area contributed by atoms with E-state index in [-0.39, 0.29) is 11.4 Å². The van der Waals surface area contributed by atoms with E-state index < -0.39 is 15.5 Å². The summed E-state index contributed by atoms with van der Waals surface area (Å²) in [6.45, 7) is 10.8. The smallest absolute Gasteiger partial charge is 0.272 e. The molecule has 1 N–H and O–H groups in total. The third-order valence-corrected chi connectivity index (χ3v) is 4.26. The molecule has 0 aliphatic rings. The number of nitrogens with zero attached hydrogens (tertiary/aromatic N) is 3. The van der Waals surface area contributed by atoms with Crippen molar-refractivity contribution in [2.24, 2.45) is 16.9 Å². The minimum Gasteiger partial charge on any atom is -0.272 e. The van der Waals surface area contributed by atoms with Crippen molar-refractivity contribution in [1.82, 2.24) is 0 Å². The number of hydrogen-bond acceptors (Lipinski definition) is 6. The Bertz CT molecular complexity index is 785. The van der Waals surface area contributed by atoms with E-state index in [0.717, 1.165) is 24.5 Å². The van der Waals surface area contributed by atoms with Crippen molar-refractivity contribution < 1.29 is 9.85 Å². The number of rotatable bonds is 10. The molecule has 0 bridgehead atoms. The van der Waals surface area contributed by atoms with Gasteiger partial charge in [0.25, 0.3) is 5.69 Å². The number of allylic oxidation sites excluding steroid dienone is 4. The molecule has 0 aromatic heterocycles. The highest BCUT2D eigenvalue weighted by molar-refractivity contribution is 5.74. The van der Waals surface area contributed by atoms with Crippen molar-refractivity contribution in [3.63, 3.8) is 0 Å². The first-order chi connectivity index (χ1) is 13.1. The Balaban J connectivity index is 2.71. The molecule has 0 radical (unpaired) electrons. The van der Waals surface area contributed by atoms with Gasteiger partial charge in [0.15, 0.2) is 0 Å². The number of nitrogens with one attached hydrogen (secondary N) is 1. The van der Waals surface area contributed by atoms with E-state index in [0.29, 0.717) is 11.8 Å². The Morgan fingerprint density at radius 1 is 1.14 bits per heavy atom. The molecule has 0 aliphatic carbocycles. The van der Waals surface area contributed by atoms with Gasteiger partial charge in [0, 0.05) is 12.3 Å². The summed E-state index contributed by atoms with van der Waals surface area (Å²) in [6.07, 6.45) is 7.50. The van der Waals surface area contributed by atoms with Gasteiger partial charge in [-0.25, -0.2) is 0 Å². The first-order valence-corrected chi connectivity index (χ1v) is 9.21. The molecule has 0 fully saturated rings. The zero-order chi connectivity index (χ0) is 21.3. The lowest BCUT2D eigenvalue weighted by Crippen LogP contribution is -2.02. The number of benzene rings is 1. The fourth-order valence-electron chi connectivity index (χ4n) is 2.84. The van der Waals surface area contributed by atoms with E-state index in [1.54, 1.807) is 0 Å². The summed E-state index contributed by atoms with van der Waals surface area (Å²) >= 11 is 0. The standard InChI is InChI=1S/C20H28N4O4/c1-14(2)18(15(3)4)8-6-7-16(5)11-12-21-22-19-10-9-17(23(25)26)13-20(19)24(27)28/h8-15,22H,6-7H2,1-5H3/b16-11+,21-12+. The highest BCUT2D eigenvalue weighted by atomic mass is 16.6. The van der Waals surface area contributed by atoms with Crippen molar-refractivity contribution >= 4 is 23.3 Å². The van der Waals surface area contributed by atoms with Gasteiger partial charge in [0.2, 0.25) is 0 Å². The quantitative estimate of drug-likeness (QED) is 0.233. The van der Waals surface area contributed by atoms with Crippen molar-refractivity contribution in [1.29, 1.82) is 0 Å². The molecule has 8 heteroatoms. The summed E-state index contributed by atoms with van der Waals surface area (Å²) in [4.78, 5) is 20.5. The molecule has 0 saturated heterocycles. The van der Waals surface area contributed by atoms with Crippen LogP contribution < -0.4 is 5.43 Å². The van der Waals surface area contributed by atoms with Gasteiger partial charge in [-0.1, -0.05) is 44.9 Å². The average Bonchev–Trinajstić information content (AvgIpc) is 2.61. The first kappa shape index (κ1) is 23.0. The van der Waals surface area contributed by atoms with Crippen LogP contribution in [-0.4, -0.2) is 16.1 Å². The molecule has 0 unspecified atom stereocenters. The van der Waals surface area contributed by atoms with Gasteiger partial charge < -0.3 is 0 Å². The van der Waals surface area contributed by atoms with Gasteiger partial charge in [0.1, 0.15) is 5.69 Å². The third kappa shape index (κ3) is 7.30. The van der Waals surface area contributed by atoms with Crippen LogP contribution in [0.5, 0.6) is 0 Å². The van der Waals surface area contributed by atoms with Gasteiger partial charge in [-0.2, -0.15) is 5.10 Å². The molecule has 0 atom stereocenters. The highest BCUT2D eigenvalue weighted by Gasteiger charge is 2.18. The molecular formula is C20H28N4O4. The maximum absolute atomic E-state index is 11.1. The molecule has 0 heterocycles. The molecule has 0 amide bonds. The van der Waals surface area contributed by atoms with Crippen LogP contribution in [-0.2, 0) is 0 Å². The zero-order valence-corrected chi connectivity index (χ0v) is 17.0.